The topological polar surface area (TPSA) is 86.6 Å². The molecule has 0 atom stereocenters. The van der Waals surface area contributed by atoms with E-state index in [1.165, 1.54) is 0 Å². The van der Waals surface area contributed by atoms with Gasteiger partial charge in [-0.3, -0.25) is 0 Å². The Morgan fingerprint density at radius 1 is 1.11 bits per heavy atom. The predicted octanol–water partition coefficient (Wildman–Crippen LogP) is -0.805. The van der Waals surface area contributed by atoms with Crippen molar-refractivity contribution < 1.29 is 35.4 Å². The Bertz CT molecular complexity index is 40.2. The van der Waals surface area contributed by atoms with Crippen molar-refractivity contribution >= 4 is 0 Å². The van der Waals surface area contributed by atoms with Crippen molar-refractivity contribution in [3.8, 4) is 0 Å². The zero-order chi connectivity index (χ0) is 6.95. The molecule has 0 spiro atoms. The molecule has 7 heteroatoms. The van der Waals surface area contributed by atoms with E-state index in [9.17, 15) is 0 Å². The normalized spacial score (nSPS) is 10.0. The van der Waals surface area contributed by atoms with E-state index in [1.807, 2.05) is 0 Å². The maximum atomic E-state index is 8.04. The molecule has 9 heavy (non-hydrogen) atoms. The molecular formula is C2H6O7. The first-order chi connectivity index (χ1) is 4.41. The lowest BCUT2D eigenvalue weighted by molar-refractivity contribution is -0.753. The van der Waals surface area contributed by atoms with Gasteiger partial charge in [-0.15, -0.1) is 0 Å². The maximum Gasteiger partial charge on any atom is 0.109 e. The van der Waals surface area contributed by atoms with Crippen molar-refractivity contribution in [1.29, 1.82) is 0 Å². The SMILES string of the molecule is OCCOOOOOO. The van der Waals surface area contributed by atoms with Crippen LogP contribution in [0.3, 0.4) is 0 Å². The fraction of sp³-hybridized carbons (Fsp3) is 1.00. The third-order valence-electron chi connectivity index (χ3n) is 0.309. The summed E-state index contributed by atoms with van der Waals surface area (Å²) in [5, 5.41) is 28.8. The van der Waals surface area contributed by atoms with Gasteiger partial charge in [0.2, 0.25) is 0 Å². The summed E-state index contributed by atoms with van der Waals surface area (Å²) in [6.45, 7) is -0.294. The molecule has 0 aromatic rings. The van der Waals surface area contributed by atoms with Gasteiger partial charge in [0.15, 0.2) is 0 Å². The average Bonchev–Trinajstić information content (AvgIpc) is 1.89. The first kappa shape index (κ1) is 8.72. The molecule has 7 nitrogen and oxygen atoms in total. The molecule has 2 N–H and O–H groups in total. The van der Waals surface area contributed by atoms with Crippen molar-refractivity contribution in [2.75, 3.05) is 13.2 Å². The second-order valence-electron chi connectivity index (χ2n) is 0.824. The third kappa shape index (κ3) is 7.72. The monoisotopic (exact) mass is 142 g/mol. The van der Waals surface area contributed by atoms with E-state index in [2.05, 4.69) is 25.0 Å². The van der Waals surface area contributed by atoms with Gasteiger partial charge >= 0.3 is 0 Å². The number of hydrogen-bond donors (Lipinski definition) is 2. The van der Waals surface area contributed by atoms with Gasteiger partial charge in [-0.25, -0.2) is 10.1 Å². The van der Waals surface area contributed by atoms with Crippen LogP contribution >= 0.6 is 0 Å². The molecular weight excluding hydrogens is 136 g/mol. The van der Waals surface area contributed by atoms with Gasteiger partial charge in [0.05, 0.1) is 6.61 Å². The molecule has 0 aromatic heterocycles. The van der Waals surface area contributed by atoms with Gasteiger partial charge in [-0.1, -0.05) is 0 Å². The van der Waals surface area contributed by atoms with Gasteiger partial charge in [0, 0.05) is 0 Å². The highest BCUT2D eigenvalue weighted by Crippen LogP contribution is 1.81. The van der Waals surface area contributed by atoms with Crippen LogP contribution in [0.2, 0.25) is 0 Å². The lowest BCUT2D eigenvalue weighted by Gasteiger charge is -1.95. The minimum atomic E-state index is -0.219. The molecule has 0 radical (unpaired) electrons. The summed E-state index contributed by atoms with van der Waals surface area (Å²) in [4.78, 5) is 4.00. The minimum Gasteiger partial charge on any atom is -0.394 e. The second kappa shape index (κ2) is 7.72. The highest BCUT2D eigenvalue weighted by Gasteiger charge is 1.87. The molecule has 0 bridgehead atoms. The molecule has 0 unspecified atom stereocenters. The Labute approximate surface area is 49.9 Å². The van der Waals surface area contributed by atoms with Crippen LogP contribution in [0.5, 0.6) is 0 Å². The average molecular weight is 142 g/mol. The summed E-state index contributed by atoms with van der Waals surface area (Å²) in [5.41, 5.74) is 0. The van der Waals surface area contributed by atoms with E-state index in [0.717, 1.165) is 0 Å². The van der Waals surface area contributed by atoms with Crippen LogP contribution in [0.15, 0.2) is 0 Å². The third-order valence-corrected chi connectivity index (χ3v) is 0.309. The summed E-state index contributed by atoms with van der Waals surface area (Å²) in [6, 6.07) is 0. The van der Waals surface area contributed by atoms with Crippen LogP contribution in [0, 0.1) is 0 Å². The molecule has 0 rings (SSSR count). The Morgan fingerprint density at radius 2 is 1.89 bits per heavy atom. The Kier molecular flexibility index (Phi) is 7.48. The number of rotatable bonds is 6. The largest absolute Gasteiger partial charge is 0.394 e. The van der Waals surface area contributed by atoms with E-state index in [1.54, 1.807) is 0 Å². The molecule has 0 fully saturated rings. The fourth-order valence-electron chi connectivity index (χ4n) is 0.115. The Morgan fingerprint density at radius 3 is 2.44 bits per heavy atom. The van der Waals surface area contributed by atoms with E-state index < -0.39 is 0 Å². The first-order valence-corrected chi connectivity index (χ1v) is 1.95. The molecule has 0 heterocycles. The predicted molar refractivity (Wildman–Crippen MR) is 20.0 cm³/mol. The van der Waals surface area contributed by atoms with Crippen LogP contribution in [-0.2, 0) is 25.0 Å². The van der Waals surface area contributed by atoms with Crippen molar-refractivity contribution in [2.24, 2.45) is 0 Å². The molecule has 0 saturated carbocycles. The number of hydrogen-bond acceptors (Lipinski definition) is 7. The number of aliphatic hydroxyl groups is 1. The van der Waals surface area contributed by atoms with Gasteiger partial charge in [-0.2, -0.15) is 0 Å². The van der Waals surface area contributed by atoms with Crippen LogP contribution in [0.1, 0.15) is 0 Å². The molecule has 0 aromatic carbocycles. The van der Waals surface area contributed by atoms with E-state index in [4.69, 9.17) is 10.4 Å². The van der Waals surface area contributed by atoms with Crippen molar-refractivity contribution in [1.82, 2.24) is 0 Å². The Balaban J connectivity index is 2.60. The summed E-state index contributed by atoms with van der Waals surface area (Å²) >= 11 is 0. The number of aliphatic hydroxyl groups excluding tert-OH is 1. The summed E-state index contributed by atoms with van der Waals surface area (Å²) in [7, 11) is 0. The summed E-state index contributed by atoms with van der Waals surface area (Å²) in [6.07, 6.45) is 0. The van der Waals surface area contributed by atoms with Crippen molar-refractivity contribution in [2.45, 2.75) is 0 Å². The highest BCUT2D eigenvalue weighted by atomic mass is 17.8. The second-order valence-corrected chi connectivity index (χ2v) is 0.824. The first-order valence-electron chi connectivity index (χ1n) is 1.95. The van der Waals surface area contributed by atoms with Crippen LogP contribution in [0.4, 0.5) is 0 Å². The lowest BCUT2D eigenvalue weighted by atomic mass is 10.8. The maximum absolute atomic E-state index is 8.04. The standard InChI is InChI=1S/C2H6O7/c3-1-2-5-7-9-8-6-4/h3-4H,1-2H2. The molecule has 0 saturated heterocycles. The minimum absolute atomic E-state index is 0.0746. The molecule has 0 aliphatic heterocycles. The highest BCUT2D eigenvalue weighted by molar-refractivity contribution is 4.10. The summed E-state index contributed by atoms with van der Waals surface area (Å²) < 4.78 is 0. The van der Waals surface area contributed by atoms with E-state index in [-0.39, 0.29) is 13.2 Å². The molecule has 56 valence electrons. The van der Waals surface area contributed by atoms with Crippen LogP contribution in [-0.4, -0.2) is 23.6 Å². The fourth-order valence-corrected chi connectivity index (χ4v) is 0.115. The molecule has 0 aliphatic carbocycles. The van der Waals surface area contributed by atoms with Crippen molar-refractivity contribution in [3.63, 3.8) is 0 Å². The van der Waals surface area contributed by atoms with Gasteiger partial charge in [-0.05, 0) is 20.2 Å². The lowest BCUT2D eigenvalue weighted by Crippen LogP contribution is -2.01. The van der Waals surface area contributed by atoms with Crippen molar-refractivity contribution in [3.05, 3.63) is 0 Å². The van der Waals surface area contributed by atoms with Gasteiger partial charge < -0.3 is 5.11 Å². The smallest absolute Gasteiger partial charge is 0.109 e. The van der Waals surface area contributed by atoms with Crippen LogP contribution < -0.4 is 0 Å². The van der Waals surface area contributed by atoms with E-state index >= 15 is 0 Å². The van der Waals surface area contributed by atoms with Crippen LogP contribution in [0.25, 0.3) is 0 Å². The molecule has 0 aliphatic rings. The van der Waals surface area contributed by atoms with Gasteiger partial charge in [0.25, 0.3) is 0 Å². The zero-order valence-electron chi connectivity index (χ0n) is 4.35. The molecule has 0 amide bonds. The zero-order valence-corrected chi connectivity index (χ0v) is 4.35. The summed E-state index contributed by atoms with van der Waals surface area (Å²) in [5.74, 6) is 0. The quantitative estimate of drug-likeness (QED) is 0.285. The van der Waals surface area contributed by atoms with E-state index in [0.29, 0.717) is 0 Å². The Hall–Kier alpha value is -0.280. The van der Waals surface area contributed by atoms with Gasteiger partial charge in [0.1, 0.15) is 6.61 Å².